The molecule has 0 amide bonds. The maximum absolute atomic E-state index is 4.45. The van der Waals surface area contributed by atoms with Crippen molar-refractivity contribution in [2.75, 3.05) is 11.5 Å². The number of hydrogen-bond acceptors (Lipinski definition) is 2. The Hall–Kier alpha value is 1.89. The van der Waals surface area contributed by atoms with Gasteiger partial charge in [-0.1, -0.05) is 0 Å². The summed E-state index contributed by atoms with van der Waals surface area (Å²) < 4.78 is 0. The van der Waals surface area contributed by atoms with Crippen LogP contribution in [0.3, 0.4) is 0 Å². The zero-order chi connectivity index (χ0) is 3.41. The molecule has 0 radical (unpaired) electrons. The molecule has 6 heavy (non-hydrogen) atoms. The first-order valence-electron chi connectivity index (χ1n) is 1.08. The topological polar surface area (TPSA) is 0 Å². The normalized spacial score (nSPS) is 5.00. The van der Waals surface area contributed by atoms with Crippen LogP contribution < -0.4 is 37.7 Å². The molecule has 0 aliphatic rings. The molecule has 0 N–H and O–H groups in total. The van der Waals surface area contributed by atoms with Crippen molar-refractivity contribution in [3.05, 3.63) is 0 Å². The molecule has 4 heteroatoms. The Bertz CT molecular complexity index is 11.5. The first-order valence-corrected chi connectivity index (χ1v) is 2.23. The molecule has 0 nitrogen and oxygen atoms in total. The van der Waals surface area contributed by atoms with Crippen molar-refractivity contribution in [2.45, 2.75) is 0 Å². The fraction of sp³-hybridized carbons (Fsp3) is 1.00. The predicted molar refractivity (Wildman–Crippen MR) is 24.5 cm³/mol. The quantitative estimate of drug-likeness (QED) is 0.241. The second-order valence-corrected chi connectivity index (χ2v) is 1.22. The van der Waals surface area contributed by atoms with Gasteiger partial charge in [-0.05, 0) is 0 Å². The van der Waals surface area contributed by atoms with Gasteiger partial charge in [0, 0.05) is 0 Å². The van der Waals surface area contributed by atoms with Gasteiger partial charge in [0.2, 0.25) is 0 Å². The van der Waals surface area contributed by atoms with Crippen LogP contribution in [0.4, 0.5) is 0 Å². The zero-order valence-electron chi connectivity index (χ0n) is 4.23. The Morgan fingerprint density at radius 2 is 1.00 bits per heavy atom. The van der Waals surface area contributed by atoms with E-state index in [9.17, 15) is 0 Å². The molecule has 0 aliphatic carbocycles. The molecule has 0 saturated heterocycles. The summed E-state index contributed by atoms with van der Waals surface area (Å²) in [6.07, 6.45) is 0. The van der Waals surface area contributed by atoms with Crippen molar-refractivity contribution in [1.82, 2.24) is 0 Å². The summed E-state index contributed by atoms with van der Waals surface area (Å²) in [6, 6.07) is 0. The molecule has 0 aromatic rings. The molecule has 0 saturated carbocycles. The minimum atomic E-state index is 0. The van der Waals surface area contributed by atoms with Gasteiger partial charge >= 0.3 is 37.7 Å². The molecule has 0 fully saturated rings. The van der Waals surface area contributed by atoms with Crippen LogP contribution in [0.25, 0.3) is 0 Å². The summed E-state index contributed by atoms with van der Waals surface area (Å²) in [5.41, 5.74) is 0. The van der Waals surface area contributed by atoms with Gasteiger partial charge in [-0.15, -0.1) is 0 Å². The van der Waals surface area contributed by atoms with E-state index in [1.54, 1.807) is 0 Å². The van der Waals surface area contributed by atoms with Gasteiger partial charge in [0.25, 0.3) is 0 Å². The van der Waals surface area contributed by atoms with Crippen molar-refractivity contribution in [2.24, 2.45) is 0 Å². The summed E-state index contributed by atoms with van der Waals surface area (Å²) in [5, 5.41) is 0. The van der Waals surface area contributed by atoms with Gasteiger partial charge in [0.1, 0.15) is 0 Å². The van der Waals surface area contributed by atoms with Crippen LogP contribution in [-0.2, 0) is 25.3 Å². The standard InChI is InChI=1S/C2H6S2.2Li/c3-1-2-4;;/h3-4H,1-2H2;;/q;2*+1/p-2. The summed E-state index contributed by atoms with van der Waals surface area (Å²) in [5.74, 6) is 1.44. The van der Waals surface area contributed by atoms with Gasteiger partial charge in [0.15, 0.2) is 0 Å². The van der Waals surface area contributed by atoms with E-state index in [2.05, 4.69) is 25.3 Å². The molecule has 0 bridgehead atoms. The Labute approximate surface area is 74.0 Å². The van der Waals surface area contributed by atoms with Crippen LogP contribution in [0.1, 0.15) is 0 Å². The molecule has 0 aromatic carbocycles. The SMILES string of the molecule is [Li+].[Li+].[S-]CC[S-]. The van der Waals surface area contributed by atoms with Crippen molar-refractivity contribution in [1.29, 1.82) is 0 Å². The summed E-state index contributed by atoms with van der Waals surface area (Å²) in [6.45, 7) is 0. The molecule has 0 atom stereocenters. The van der Waals surface area contributed by atoms with Crippen LogP contribution in [-0.4, -0.2) is 11.5 Å². The monoisotopic (exact) mass is 106 g/mol. The van der Waals surface area contributed by atoms with Crippen LogP contribution in [0.5, 0.6) is 0 Å². The molecule has 0 heterocycles. The van der Waals surface area contributed by atoms with Crippen molar-refractivity contribution in [3.63, 3.8) is 0 Å². The van der Waals surface area contributed by atoms with E-state index in [4.69, 9.17) is 0 Å². The van der Waals surface area contributed by atoms with E-state index >= 15 is 0 Å². The van der Waals surface area contributed by atoms with Gasteiger partial charge in [-0.3, -0.25) is 0 Å². The average Bonchev–Trinajstić information content (AvgIpc) is 1.37. The Morgan fingerprint density at radius 1 is 0.833 bits per heavy atom. The second kappa shape index (κ2) is 15.8. The van der Waals surface area contributed by atoms with Gasteiger partial charge in [-0.25, -0.2) is 0 Å². The molecular weight excluding hydrogens is 102 g/mol. The second-order valence-electron chi connectivity index (χ2n) is 0.408. The third kappa shape index (κ3) is 16.9. The Morgan fingerprint density at radius 3 is 1.00 bits per heavy atom. The van der Waals surface area contributed by atoms with Crippen LogP contribution in [0, 0.1) is 0 Å². The van der Waals surface area contributed by atoms with Crippen molar-refractivity contribution >= 4 is 25.3 Å². The van der Waals surface area contributed by atoms with Crippen LogP contribution in [0.15, 0.2) is 0 Å². The van der Waals surface area contributed by atoms with E-state index in [1.807, 2.05) is 0 Å². The van der Waals surface area contributed by atoms with Gasteiger partial charge in [-0.2, -0.15) is 11.5 Å². The molecule has 0 aliphatic heterocycles. The molecule has 0 aromatic heterocycles. The molecule has 26 valence electrons. The fourth-order valence-corrected chi connectivity index (χ4v) is 0. The van der Waals surface area contributed by atoms with E-state index < -0.39 is 0 Å². The van der Waals surface area contributed by atoms with Crippen LogP contribution >= 0.6 is 0 Å². The number of hydrogen-bond donors (Lipinski definition) is 0. The number of rotatable bonds is 1. The van der Waals surface area contributed by atoms with E-state index in [1.165, 1.54) is 0 Å². The van der Waals surface area contributed by atoms with Crippen molar-refractivity contribution in [3.8, 4) is 0 Å². The first-order chi connectivity index (χ1) is 1.91. The van der Waals surface area contributed by atoms with E-state index in [-0.39, 0.29) is 37.7 Å². The third-order valence-corrected chi connectivity index (χ3v) is 0.750. The predicted octanol–water partition coefficient (Wildman–Crippen LogP) is -5.91. The largest absolute Gasteiger partial charge is 1.00 e. The Kier molecular flexibility index (Phi) is 41.2. The van der Waals surface area contributed by atoms with Gasteiger partial charge < -0.3 is 25.3 Å². The molecule has 0 unspecified atom stereocenters. The molecular formula is C2H4Li2S2. The minimum Gasteiger partial charge on any atom is -0.794 e. The summed E-state index contributed by atoms with van der Waals surface area (Å²) in [4.78, 5) is 0. The summed E-state index contributed by atoms with van der Waals surface area (Å²) >= 11 is 8.90. The molecule has 0 rings (SSSR count). The minimum absolute atomic E-state index is 0. The van der Waals surface area contributed by atoms with Gasteiger partial charge in [0.05, 0.1) is 0 Å². The maximum atomic E-state index is 4.45. The smallest absolute Gasteiger partial charge is 0.794 e. The summed E-state index contributed by atoms with van der Waals surface area (Å²) in [7, 11) is 0. The van der Waals surface area contributed by atoms with Crippen molar-refractivity contribution < 1.29 is 37.7 Å². The Balaban J connectivity index is -0.0000000450. The maximum Gasteiger partial charge on any atom is 1.00 e. The fourth-order valence-electron chi connectivity index (χ4n) is 0. The average molecular weight is 106 g/mol. The van der Waals surface area contributed by atoms with Crippen LogP contribution in [0.2, 0.25) is 0 Å². The zero-order valence-corrected chi connectivity index (χ0v) is 5.86. The van der Waals surface area contributed by atoms with E-state index in [0.717, 1.165) is 11.5 Å². The third-order valence-electron chi connectivity index (χ3n) is 0.0833. The van der Waals surface area contributed by atoms with E-state index in [0.29, 0.717) is 0 Å². The molecule has 0 spiro atoms. The first kappa shape index (κ1) is 15.7.